The summed E-state index contributed by atoms with van der Waals surface area (Å²) in [5, 5.41) is 3.18. The zero-order chi connectivity index (χ0) is 20.6. The summed E-state index contributed by atoms with van der Waals surface area (Å²) in [7, 11) is 1.72. The highest BCUT2D eigenvalue weighted by Gasteiger charge is 2.20. The Morgan fingerprint density at radius 1 is 0.966 bits per heavy atom. The monoisotopic (exact) mass is 395 g/mol. The van der Waals surface area contributed by atoms with Crippen LogP contribution in [0.5, 0.6) is 5.75 Å². The summed E-state index contributed by atoms with van der Waals surface area (Å²) in [5.41, 5.74) is 4.59. The molecular weight excluding hydrogens is 362 g/mol. The molecule has 0 radical (unpaired) electrons. The minimum atomic E-state index is 0.104. The third-order valence-corrected chi connectivity index (χ3v) is 5.72. The van der Waals surface area contributed by atoms with Crippen LogP contribution >= 0.6 is 0 Å². The third-order valence-electron chi connectivity index (χ3n) is 5.72. The summed E-state index contributed by atoms with van der Waals surface area (Å²) >= 11 is 0. The lowest BCUT2D eigenvalue weighted by molar-refractivity contribution is -0.116. The number of benzene rings is 2. The van der Waals surface area contributed by atoms with Gasteiger partial charge in [-0.05, 0) is 36.1 Å². The lowest BCUT2D eigenvalue weighted by Crippen LogP contribution is -2.47. The van der Waals surface area contributed by atoms with Crippen LogP contribution < -0.4 is 15.0 Å². The highest BCUT2D eigenvalue weighted by atomic mass is 16.5. The molecule has 1 aliphatic heterocycles. The van der Waals surface area contributed by atoms with Gasteiger partial charge < -0.3 is 15.0 Å². The predicted molar refractivity (Wildman–Crippen MR) is 120 cm³/mol. The number of carbonyl (C=O) groups excluding carboxylic acids is 1. The van der Waals surface area contributed by atoms with Crippen LogP contribution in [0.3, 0.4) is 0 Å². The van der Waals surface area contributed by atoms with E-state index in [1.54, 1.807) is 7.11 Å². The highest BCUT2D eigenvalue weighted by Crippen LogP contribution is 2.28. The average Bonchev–Trinajstić information content (AvgIpc) is 2.78. The molecule has 0 saturated carbocycles. The smallest absolute Gasteiger partial charge is 0.225 e. The number of anilines is 2. The van der Waals surface area contributed by atoms with Crippen LogP contribution in [0.4, 0.5) is 11.4 Å². The summed E-state index contributed by atoms with van der Waals surface area (Å²) in [6.45, 7) is 8.86. The number of aryl methyl sites for hydroxylation is 2. The number of hydrogen-bond acceptors (Lipinski definition) is 4. The largest absolute Gasteiger partial charge is 0.495 e. The van der Waals surface area contributed by atoms with Gasteiger partial charge >= 0.3 is 0 Å². The molecule has 1 aliphatic rings. The van der Waals surface area contributed by atoms with Crippen LogP contribution in [-0.4, -0.2) is 50.6 Å². The number of methoxy groups -OCH3 is 1. The number of para-hydroxylation sites is 3. The molecule has 1 heterocycles. The lowest BCUT2D eigenvalue weighted by atomic mass is 10.0. The fourth-order valence-electron chi connectivity index (χ4n) is 3.97. The maximum atomic E-state index is 12.6. The lowest BCUT2D eigenvalue weighted by Gasteiger charge is -2.36. The highest BCUT2D eigenvalue weighted by molar-refractivity contribution is 5.92. The first-order chi connectivity index (χ1) is 14.2. The average molecular weight is 396 g/mol. The van der Waals surface area contributed by atoms with E-state index in [1.165, 1.54) is 11.1 Å². The van der Waals surface area contributed by atoms with Crippen molar-refractivity contribution in [1.82, 2.24) is 4.90 Å². The van der Waals surface area contributed by atoms with E-state index in [0.29, 0.717) is 6.42 Å². The van der Waals surface area contributed by atoms with Crippen molar-refractivity contribution in [2.45, 2.75) is 33.1 Å². The normalized spacial score (nSPS) is 14.7. The van der Waals surface area contributed by atoms with Crippen LogP contribution in [0.15, 0.2) is 42.5 Å². The van der Waals surface area contributed by atoms with Crippen LogP contribution in [0.25, 0.3) is 0 Å². The second kappa shape index (κ2) is 10.3. The van der Waals surface area contributed by atoms with Gasteiger partial charge in [-0.15, -0.1) is 0 Å². The van der Waals surface area contributed by atoms with Gasteiger partial charge in [0.2, 0.25) is 5.91 Å². The topological polar surface area (TPSA) is 44.8 Å². The van der Waals surface area contributed by atoms with Gasteiger partial charge in [0.25, 0.3) is 0 Å². The molecule has 29 heavy (non-hydrogen) atoms. The molecule has 0 aromatic heterocycles. The number of ether oxygens (including phenoxy) is 1. The molecule has 1 N–H and O–H groups in total. The number of amides is 1. The summed E-state index contributed by atoms with van der Waals surface area (Å²) in [4.78, 5) is 17.3. The number of nitrogens with one attached hydrogen (secondary N) is 1. The van der Waals surface area contributed by atoms with Crippen molar-refractivity contribution in [2.24, 2.45) is 0 Å². The third kappa shape index (κ3) is 5.30. The molecule has 1 saturated heterocycles. The van der Waals surface area contributed by atoms with Crippen molar-refractivity contribution in [1.29, 1.82) is 0 Å². The molecule has 0 spiro atoms. The second-order valence-electron chi connectivity index (χ2n) is 7.46. The zero-order valence-electron chi connectivity index (χ0n) is 17.9. The van der Waals surface area contributed by atoms with Crippen molar-refractivity contribution in [3.05, 3.63) is 53.6 Å². The first-order valence-electron chi connectivity index (χ1n) is 10.7. The Morgan fingerprint density at radius 3 is 2.24 bits per heavy atom. The molecule has 5 nitrogen and oxygen atoms in total. The number of carbonyl (C=O) groups is 1. The van der Waals surface area contributed by atoms with Gasteiger partial charge in [0.05, 0.1) is 12.8 Å². The van der Waals surface area contributed by atoms with Crippen LogP contribution in [0.2, 0.25) is 0 Å². The summed E-state index contributed by atoms with van der Waals surface area (Å²) in [6.07, 6.45) is 2.37. The Bertz CT molecular complexity index is 791. The molecule has 5 heteroatoms. The van der Waals surface area contributed by atoms with Crippen molar-refractivity contribution in [3.63, 3.8) is 0 Å². The Labute approximate surface area is 174 Å². The van der Waals surface area contributed by atoms with Crippen molar-refractivity contribution in [2.75, 3.05) is 50.1 Å². The Hall–Kier alpha value is -2.53. The van der Waals surface area contributed by atoms with Crippen molar-refractivity contribution < 1.29 is 9.53 Å². The molecule has 156 valence electrons. The Balaban J connectivity index is 1.50. The van der Waals surface area contributed by atoms with E-state index in [1.807, 2.05) is 18.2 Å². The number of hydrogen-bond donors (Lipinski definition) is 1. The maximum Gasteiger partial charge on any atom is 0.225 e. The molecule has 2 aromatic rings. The summed E-state index contributed by atoms with van der Waals surface area (Å²) in [5.74, 6) is 1.02. The first kappa shape index (κ1) is 21.2. The summed E-state index contributed by atoms with van der Waals surface area (Å²) < 4.78 is 5.49. The van der Waals surface area contributed by atoms with Gasteiger partial charge in [-0.25, -0.2) is 0 Å². The quantitative estimate of drug-likeness (QED) is 0.735. The minimum Gasteiger partial charge on any atom is -0.495 e. The standard InChI is InChI=1S/C24H33N3O2/c1-4-19-9-8-10-20(5-2)24(19)25-23(28)13-14-26-15-17-27(18-16-26)21-11-6-7-12-22(21)29-3/h6-12H,4-5,13-18H2,1-3H3,(H,25,28). The van der Waals surface area contributed by atoms with E-state index in [0.717, 1.165) is 62.7 Å². The van der Waals surface area contributed by atoms with Crippen LogP contribution in [0, 0.1) is 0 Å². The van der Waals surface area contributed by atoms with Crippen LogP contribution in [0.1, 0.15) is 31.4 Å². The van der Waals surface area contributed by atoms with E-state index in [2.05, 4.69) is 53.2 Å². The van der Waals surface area contributed by atoms with Gasteiger partial charge in [0.1, 0.15) is 5.75 Å². The molecule has 1 amide bonds. The predicted octanol–water partition coefficient (Wildman–Crippen LogP) is 3.97. The molecular formula is C24H33N3O2. The Morgan fingerprint density at radius 2 is 1.62 bits per heavy atom. The number of nitrogens with zero attached hydrogens (tertiary/aromatic N) is 2. The van der Waals surface area contributed by atoms with Gasteiger partial charge in [-0.3, -0.25) is 9.69 Å². The molecule has 0 aliphatic carbocycles. The second-order valence-corrected chi connectivity index (χ2v) is 7.46. The number of piperazine rings is 1. The van der Waals surface area contributed by atoms with Crippen molar-refractivity contribution in [3.8, 4) is 5.75 Å². The van der Waals surface area contributed by atoms with Gasteiger partial charge in [-0.2, -0.15) is 0 Å². The van der Waals surface area contributed by atoms with Crippen LogP contribution in [-0.2, 0) is 17.6 Å². The SMILES string of the molecule is CCc1cccc(CC)c1NC(=O)CCN1CCN(c2ccccc2OC)CC1. The molecule has 0 bridgehead atoms. The van der Waals surface area contributed by atoms with Crippen molar-refractivity contribution >= 4 is 17.3 Å². The minimum absolute atomic E-state index is 0.104. The fraction of sp³-hybridized carbons (Fsp3) is 0.458. The van der Waals surface area contributed by atoms with Gasteiger partial charge in [0.15, 0.2) is 0 Å². The molecule has 0 unspecified atom stereocenters. The number of rotatable bonds is 8. The zero-order valence-corrected chi connectivity index (χ0v) is 17.9. The van der Waals surface area contributed by atoms with E-state index in [4.69, 9.17) is 4.74 Å². The fourth-order valence-corrected chi connectivity index (χ4v) is 3.97. The van der Waals surface area contributed by atoms with E-state index in [9.17, 15) is 4.79 Å². The Kier molecular flexibility index (Phi) is 7.53. The first-order valence-corrected chi connectivity index (χ1v) is 10.7. The van der Waals surface area contributed by atoms with E-state index < -0.39 is 0 Å². The molecule has 0 atom stereocenters. The molecule has 1 fully saturated rings. The maximum absolute atomic E-state index is 12.6. The van der Waals surface area contributed by atoms with Gasteiger partial charge in [-0.1, -0.05) is 44.2 Å². The van der Waals surface area contributed by atoms with E-state index in [-0.39, 0.29) is 5.91 Å². The molecule has 3 rings (SSSR count). The molecule has 2 aromatic carbocycles. The van der Waals surface area contributed by atoms with E-state index >= 15 is 0 Å². The van der Waals surface area contributed by atoms with Gasteiger partial charge in [0, 0.05) is 44.8 Å². The summed E-state index contributed by atoms with van der Waals surface area (Å²) in [6, 6.07) is 14.4.